The fourth-order valence-electron chi connectivity index (χ4n) is 3.05. The van der Waals surface area contributed by atoms with Crippen molar-refractivity contribution in [2.24, 2.45) is 5.92 Å². The van der Waals surface area contributed by atoms with Crippen molar-refractivity contribution < 1.29 is 4.42 Å². The van der Waals surface area contributed by atoms with Gasteiger partial charge in [-0.2, -0.15) is 0 Å². The molecule has 0 saturated heterocycles. The Labute approximate surface area is 105 Å². The molecule has 0 bridgehead atoms. The Kier molecular flexibility index (Phi) is 5.11. The van der Waals surface area contributed by atoms with Crippen molar-refractivity contribution in [2.75, 3.05) is 6.54 Å². The molecule has 1 saturated carbocycles. The minimum atomic E-state index is 0.626. The zero-order chi connectivity index (χ0) is 11.9. The molecule has 96 valence electrons. The highest BCUT2D eigenvalue weighted by Gasteiger charge is 2.18. The van der Waals surface area contributed by atoms with Crippen LogP contribution in [-0.2, 0) is 6.42 Å². The number of hydrogen-bond acceptors (Lipinski definition) is 2. The Bertz CT molecular complexity index is 288. The summed E-state index contributed by atoms with van der Waals surface area (Å²) in [7, 11) is 0. The molecule has 17 heavy (non-hydrogen) atoms. The van der Waals surface area contributed by atoms with Crippen LogP contribution in [0, 0.1) is 5.92 Å². The molecule has 2 rings (SSSR count). The maximum Gasteiger partial charge on any atom is 0.0935 e. The standard InChI is InChI=1S/C15H25NO/c1-2-16-15(11-14-8-9-17-12-14)10-13-6-4-3-5-7-13/h8-9,12-13,15-16H,2-7,10-11H2,1H3. The molecule has 1 unspecified atom stereocenters. The van der Waals surface area contributed by atoms with Crippen LogP contribution in [0.15, 0.2) is 23.0 Å². The Hall–Kier alpha value is -0.760. The van der Waals surface area contributed by atoms with Crippen LogP contribution in [0.3, 0.4) is 0 Å². The molecule has 1 aliphatic carbocycles. The zero-order valence-electron chi connectivity index (χ0n) is 11.0. The van der Waals surface area contributed by atoms with E-state index < -0.39 is 0 Å². The Balaban J connectivity index is 1.83. The molecule has 0 radical (unpaired) electrons. The summed E-state index contributed by atoms with van der Waals surface area (Å²) in [6.45, 7) is 3.26. The van der Waals surface area contributed by atoms with Gasteiger partial charge in [0.2, 0.25) is 0 Å². The predicted molar refractivity (Wildman–Crippen MR) is 71.1 cm³/mol. The molecule has 1 heterocycles. The number of likely N-dealkylation sites (N-methyl/N-ethyl adjacent to an activating group) is 1. The van der Waals surface area contributed by atoms with E-state index in [9.17, 15) is 0 Å². The summed E-state index contributed by atoms with van der Waals surface area (Å²) in [6.07, 6.45) is 13.3. The maximum atomic E-state index is 5.16. The fraction of sp³-hybridized carbons (Fsp3) is 0.733. The Morgan fingerprint density at radius 2 is 2.18 bits per heavy atom. The van der Waals surface area contributed by atoms with Gasteiger partial charge in [-0.3, -0.25) is 0 Å². The highest BCUT2D eigenvalue weighted by Crippen LogP contribution is 2.28. The number of furan rings is 1. The van der Waals surface area contributed by atoms with Crippen molar-refractivity contribution in [1.29, 1.82) is 0 Å². The predicted octanol–water partition coefficient (Wildman–Crippen LogP) is 3.77. The van der Waals surface area contributed by atoms with Crippen LogP contribution in [0.25, 0.3) is 0 Å². The molecule has 1 atom stereocenters. The van der Waals surface area contributed by atoms with Gasteiger partial charge in [0.05, 0.1) is 12.5 Å². The van der Waals surface area contributed by atoms with Crippen molar-refractivity contribution in [3.8, 4) is 0 Å². The summed E-state index contributed by atoms with van der Waals surface area (Å²) >= 11 is 0. The topological polar surface area (TPSA) is 25.2 Å². The first kappa shape index (κ1) is 12.7. The lowest BCUT2D eigenvalue weighted by atomic mass is 9.84. The minimum absolute atomic E-state index is 0.626. The maximum absolute atomic E-state index is 5.16. The van der Waals surface area contributed by atoms with Gasteiger partial charge in [-0.1, -0.05) is 39.0 Å². The van der Waals surface area contributed by atoms with Gasteiger partial charge in [0.25, 0.3) is 0 Å². The minimum Gasteiger partial charge on any atom is -0.472 e. The van der Waals surface area contributed by atoms with Crippen LogP contribution in [0.2, 0.25) is 0 Å². The molecule has 0 amide bonds. The molecule has 1 aromatic rings. The van der Waals surface area contributed by atoms with Crippen molar-refractivity contribution in [3.63, 3.8) is 0 Å². The molecule has 0 aromatic carbocycles. The van der Waals surface area contributed by atoms with E-state index in [1.165, 1.54) is 44.1 Å². The summed E-state index contributed by atoms with van der Waals surface area (Å²) in [4.78, 5) is 0. The lowest BCUT2D eigenvalue weighted by Gasteiger charge is -2.26. The van der Waals surface area contributed by atoms with Crippen molar-refractivity contribution in [3.05, 3.63) is 24.2 Å². The van der Waals surface area contributed by atoms with E-state index >= 15 is 0 Å². The highest BCUT2D eigenvalue weighted by molar-refractivity contribution is 5.07. The monoisotopic (exact) mass is 235 g/mol. The van der Waals surface area contributed by atoms with Gasteiger partial charge < -0.3 is 9.73 Å². The largest absolute Gasteiger partial charge is 0.472 e. The molecule has 1 aromatic heterocycles. The third-order valence-electron chi connectivity index (χ3n) is 3.90. The molecule has 1 N–H and O–H groups in total. The average molecular weight is 235 g/mol. The van der Waals surface area contributed by atoms with E-state index in [-0.39, 0.29) is 0 Å². The van der Waals surface area contributed by atoms with E-state index in [1.807, 2.05) is 6.26 Å². The first-order valence-electron chi connectivity index (χ1n) is 7.13. The number of nitrogens with one attached hydrogen (secondary N) is 1. The fourth-order valence-corrected chi connectivity index (χ4v) is 3.05. The van der Waals surface area contributed by atoms with E-state index in [1.54, 1.807) is 6.26 Å². The summed E-state index contributed by atoms with van der Waals surface area (Å²) in [5.74, 6) is 0.944. The van der Waals surface area contributed by atoms with E-state index in [0.29, 0.717) is 6.04 Å². The van der Waals surface area contributed by atoms with Crippen molar-refractivity contribution in [2.45, 2.75) is 57.9 Å². The molecular weight excluding hydrogens is 210 g/mol. The summed E-state index contributed by atoms with van der Waals surface area (Å²) in [5.41, 5.74) is 1.33. The highest BCUT2D eigenvalue weighted by atomic mass is 16.3. The van der Waals surface area contributed by atoms with Gasteiger partial charge in [-0.25, -0.2) is 0 Å². The van der Waals surface area contributed by atoms with Crippen LogP contribution < -0.4 is 5.32 Å². The summed E-state index contributed by atoms with van der Waals surface area (Å²) in [5, 5.41) is 3.63. The van der Waals surface area contributed by atoms with Gasteiger partial charge in [0, 0.05) is 6.04 Å². The van der Waals surface area contributed by atoms with Crippen LogP contribution in [0.4, 0.5) is 0 Å². The molecule has 0 aliphatic heterocycles. The molecular formula is C15H25NO. The summed E-state index contributed by atoms with van der Waals surface area (Å²) in [6, 6.07) is 2.71. The Morgan fingerprint density at radius 1 is 1.35 bits per heavy atom. The first-order valence-corrected chi connectivity index (χ1v) is 7.13. The normalized spacial score (nSPS) is 19.4. The first-order chi connectivity index (χ1) is 8.38. The zero-order valence-corrected chi connectivity index (χ0v) is 11.0. The lowest BCUT2D eigenvalue weighted by Crippen LogP contribution is -2.33. The van der Waals surface area contributed by atoms with E-state index in [2.05, 4.69) is 18.3 Å². The van der Waals surface area contributed by atoms with E-state index in [4.69, 9.17) is 4.42 Å². The van der Waals surface area contributed by atoms with Gasteiger partial charge in [-0.15, -0.1) is 0 Å². The SMILES string of the molecule is CCNC(Cc1ccoc1)CC1CCCCC1. The third kappa shape index (κ3) is 4.19. The Morgan fingerprint density at radius 3 is 2.82 bits per heavy atom. The lowest BCUT2D eigenvalue weighted by molar-refractivity contribution is 0.298. The van der Waals surface area contributed by atoms with Gasteiger partial charge in [-0.05, 0) is 36.9 Å². The quantitative estimate of drug-likeness (QED) is 0.812. The van der Waals surface area contributed by atoms with E-state index in [0.717, 1.165) is 18.9 Å². The van der Waals surface area contributed by atoms with Crippen molar-refractivity contribution >= 4 is 0 Å². The van der Waals surface area contributed by atoms with Crippen LogP contribution in [-0.4, -0.2) is 12.6 Å². The second kappa shape index (κ2) is 6.85. The van der Waals surface area contributed by atoms with Gasteiger partial charge >= 0.3 is 0 Å². The number of hydrogen-bond donors (Lipinski definition) is 1. The molecule has 1 fully saturated rings. The molecule has 1 aliphatic rings. The smallest absolute Gasteiger partial charge is 0.0935 e. The third-order valence-corrected chi connectivity index (χ3v) is 3.90. The van der Waals surface area contributed by atoms with Gasteiger partial charge in [0.15, 0.2) is 0 Å². The summed E-state index contributed by atoms with van der Waals surface area (Å²) < 4.78 is 5.16. The van der Waals surface area contributed by atoms with Gasteiger partial charge in [0.1, 0.15) is 0 Å². The molecule has 2 nitrogen and oxygen atoms in total. The van der Waals surface area contributed by atoms with Crippen LogP contribution in [0.1, 0.15) is 51.0 Å². The van der Waals surface area contributed by atoms with Crippen LogP contribution >= 0.6 is 0 Å². The molecule has 0 spiro atoms. The number of rotatable bonds is 6. The van der Waals surface area contributed by atoms with Crippen molar-refractivity contribution in [1.82, 2.24) is 5.32 Å². The molecule has 2 heteroatoms. The van der Waals surface area contributed by atoms with Crippen LogP contribution in [0.5, 0.6) is 0 Å². The second-order valence-corrected chi connectivity index (χ2v) is 5.33. The average Bonchev–Trinajstić information content (AvgIpc) is 2.83. The second-order valence-electron chi connectivity index (χ2n) is 5.33.